The van der Waals surface area contributed by atoms with Crippen LogP contribution in [0, 0.1) is 11.3 Å². The number of para-hydroxylation sites is 2. The highest BCUT2D eigenvalue weighted by molar-refractivity contribution is 5.77. The molecule has 2 aromatic heterocycles. The lowest BCUT2D eigenvalue weighted by Gasteiger charge is -2.02. The molecule has 0 N–H and O–H groups in total. The van der Waals surface area contributed by atoms with Crippen molar-refractivity contribution in [3.05, 3.63) is 54.6 Å². The zero-order valence-corrected chi connectivity index (χ0v) is 8.91. The van der Waals surface area contributed by atoms with Crippen LogP contribution in [0.5, 0.6) is 0 Å². The van der Waals surface area contributed by atoms with Crippen LogP contribution in [-0.4, -0.2) is 14.5 Å². The summed E-state index contributed by atoms with van der Waals surface area (Å²) in [6.07, 6.45) is 3.43. The van der Waals surface area contributed by atoms with Gasteiger partial charge in [0.15, 0.2) is 0 Å². The van der Waals surface area contributed by atoms with Crippen LogP contribution < -0.4 is 0 Å². The fourth-order valence-electron chi connectivity index (χ4n) is 1.76. The van der Waals surface area contributed by atoms with Crippen LogP contribution in [0.1, 0.15) is 5.69 Å². The molecule has 0 fully saturated rings. The van der Waals surface area contributed by atoms with Crippen LogP contribution in [0.2, 0.25) is 0 Å². The molecule has 0 amide bonds. The Morgan fingerprint density at radius 1 is 1.06 bits per heavy atom. The Morgan fingerprint density at radius 2 is 1.94 bits per heavy atom. The van der Waals surface area contributed by atoms with Crippen molar-refractivity contribution in [2.45, 2.75) is 0 Å². The third kappa shape index (κ3) is 1.54. The molecule has 3 rings (SSSR count). The van der Waals surface area contributed by atoms with E-state index >= 15 is 0 Å². The maximum absolute atomic E-state index is 8.70. The predicted octanol–water partition coefficient (Wildman–Crippen LogP) is 2.29. The van der Waals surface area contributed by atoms with E-state index in [-0.39, 0.29) is 0 Å². The lowest BCUT2D eigenvalue weighted by Crippen LogP contribution is -1.93. The molecule has 0 aliphatic carbocycles. The third-order valence-corrected chi connectivity index (χ3v) is 2.59. The van der Waals surface area contributed by atoms with E-state index in [0.717, 1.165) is 16.7 Å². The minimum Gasteiger partial charge on any atom is -0.297 e. The Hall–Kier alpha value is -2.67. The number of benzene rings is 1. The van der Waals surface area contributed by atoms with Crippen molar-refractivity contribution in [3.8, 4) is 11.8 Å². The molecule has 0 saturated heterocycles. The minimum atomic E-state index is 0.415. The number of fused-ring (bicyclic) bond motifs is 1. The minimum absolute atomic E-state index is 0.415. The largest absolute Gasteiger partial charge is 0.297 e. The van der Waals surface area contributed by atoms with Gasteiger partial charge in [-0.1, -0.05) is 12.1 Å². The number of rotatable bonds is 1. The summed E-state index contributed by atoms with van der Waals surface area (Å²) in [4.78, 5) is 8.36. The van der Waals surface area contributed by atoms with Crippen molar-refractivity contribution in [1.82, 2.24) is 14.5 Å². The van der Waals surface area contributed by atoms with E-state index in [1.54, 1.807) is 18.6 Å². The Balaban J connectivity index is 2.17. The van der Waals surface area contributed by atoms with Gasteiger partial charge in [-0.05, 0) is 24.3 Å². The molecule has 0 radical (unpaired) electrons. The second-order valence-corrected chi connectivity index (χ2v) is 3.62. The van der Waals surface area contributed by atoms with Gasteiger partial charge in [-0.3, -0.25) is 4.57 Å². The number of hydrogen-bond donors (Lipinski definition) is 0. The SMILES string of the molecule is N#Cc1ccc(-n2cnc3ccccc32)cn1. The summed E-state index contributed by atoms with van der Waals surface area (Å²) in [5.41, 5.74) is 3.28. The van der Waals surface area contributed by atoms with Gasteiger partial charge in [0.25, 0.3) is 0 Å². The number of nitrogens with zero attached hydrogens (tertiary/aromatic N) is 4. The van der Waals surface area contributed by atoms with E-state index in [4.69, 9.17) is 5.26 Å². The molecule has 0 unspecified atom stereocenters. The first kappa shape index (κ1) is 9.55. The average Bonchev–Trinajstić information content (AvgIpc) is 2.83. The summed E-state index contributed by atoms with van der Waals surface area (Å²) in [5, 5.41) is 8.70. The molecule has 3 aromatic rings. The number of imidazole rings is 1. The van der Waals surface area contributed by atoms with Gasteiger partial charge in [0, 0.05) is 0 Å². The topological polar surface area (TPSA) is 54.5 Å². The molecule has 1 aromatic carbocycles. The standard InChI is InChI=1S/C13H8N4/c14-7-10-5-6-11(8-15-10)17-9-16-12-3-1-2-4-13(12)17/h1-6,8-9H. The third-order valence-electron chi connectivity index (χ3n) is 2.59. The first-order chi connectivity index (χ1) is 8.38. The van der Waals surface area contributed by atoms with Gasteiger partial charge in [-0.15, -0.1) is 0 Å². The van der Waals surface area contributed by atoms with Crippen LogP contribution in [0.3, 0.4) is 0 Å². The van der Waals surface area contributed by atoms with Crippen molar-refractivity contribution < 1.29 is 0 Å². The molecule has 0 spiro atoms. The first-order valence-electron chi connectivity index (χ1n) is 5.17. The number of hydrogen-bond acceptors (Lipinski definition) is 3. The number of pyridine rings is 1. The van der Waals surface area contributed by atoms with Crippen molar-refractivity contribution in [2.24, 2.45) is 0 Å². The fourth-order valence-corrected chi connectivity index (χ4v) is 1.76. The summed E-state index contributed by atoms with van der Waals surface area (Å²) in [5.74, 6) is 0. The van der Waals surface area contributed by atoms with E-state index in [9.17, 15) is 0 Å². The highest BCUT2D eigenvalue weighted by Gasteiger charge is 2.03. The fraction of sp³-hybridized carbons (Fsp3) is 0. The zero-order valence-electron chi connectivity index (χ0n) is 8.91. The lowest BCUT2D eigenvalue weighted by atomic mass is 10.3. The molecule has 2 heterocycles. The monoisotopic (exact) mass is 220 g/mol. The quantitative estimate of drug-likeness (QED) is 0.632. The molecular formula is C13H8N4. The number of nitriles is 1. The van der Waals surface area contributed by atoms with Crippen molar-refractivity contribution >= 4 is 11.0 Å². The van der Waals surface area contributed by atoms with Gasteiger partial charge in [-0.25, -0.2) is 9.97 Å². The first-order valence-corrected chi connectivity index (χ1v) is 5.17. The second kappa shape index (κ2) is 3.72. The van der Waals surface area contributed by atoms with Gasteiger partial charge >= 0.3 is 0 Å². The summed E-state index contributed by atoms with van der Waals surface area (Å²) in [6, 6.07) is 13.4. The van der Waals surface area contributed by atoms with E-state index in [2.05, 4.69) is 9.97 Å². The Bertz CT molecular complexity index is 704. The smallest absolute Gasteiger partial charge is 0.140 e. The molecule has 80 valence electrons. The zero-order chi connectivity index (χ0) is 11.7. The maximum Gasteiger partial charge on any atom is 0.140 e. The highest BCUT2D eigenvalue weighted by atomic mass is 15.1. The van der Waals surface area contributed by atoms with Crippen LogP contribution in [0.15, 0.2) is 48.9 Å². The van der Waals surface area contributed by atoms with Crippen molar-refractivity contribution in [2.75, 3.05) is 0 Å². The molecule has 4 heteroatoms. The summed E-state index contributed by atoms with van der Waals surface area (Å²) in [6.45, 7) is 0. The van der Waals surface area contributed by atoms with Gasteiger partial charge in [0.05, 0.1) is 22.9 Å². The van der Waals surface area contributed by atoms with Crippen LogP contribution in [0.25, 0.3) is 16.7 Å². The normalized spacial score (nSPS) is 10.3. The molecule has 0 bridgehead atoms. The van der Waals surface area contributed by atoms with Crippen LogP contribution in [0.4, 0.5) is 0 Å². The molecule has 0 atom stereocenters. The van der Waals surface area contributed by atoms with Gasteiger partial charge in [0.2, 0.25) is 0 Å². The molecule has 4 nitrogen and oxygen atoms in total. The van der Waals surface area contributed by atoms with Gasteiger partial charge < -0.3 is 0 Å². The molecule has 17 heavy (non-hydrogen) atoms. The summed E-state index contributed by atoms with van der Waals surface area (Å²) < 4.78 is 1.95. The highest BCUT2D eigenvalue weighted by Crippen LogP contribution is 2.16. The van der Waals surface area contributed by atoms with E-state index in [1.165, 1.54) is 0 Å². The van der Waals surface area contributed by atoms with E-state index in [0.29, 0.717) is 5.69 Å². The Kier molecular flexibility index (Phi) is 2.09. The lowest BCUT2D eigenvalue weighted by molar-refractivity contribution is 1.07. The van der Waals surface area contributed by atoms with Gasteiger partial charge in [-0.2, -0.15) is 5.26 Å². The van der Waals surface area contributed by atoms with E-state index < -0.39 is 0 Å². The van der Waals surface area contributed by atoms with Gasteiger partial charge in [0.1, 0.15) is 18.1 Å². The maximum atomic E-state index is 8.70. The van der Waals surface area contributed by atoms with E-state index in [1.807, 2.05) is 41.0 Å². The Morgan fingerprint density at radius 3 is 2.71 bits per heavy atom. The van der Waals surface area contributed by atoms with Crippen LogP contribution in [-0.2, 0) is 0 Å². The second-order valence-electron chi connectivity index (χ2n) is 3.62. The van der Waals surface area contributed by atoms with Crippen molar-refractivity contribution in [3.63, 3.8) is 0 Å². The van der Waals surface area contributed by atoms with Crippen LogP contribution >= 0.6 is 0 Å². The van der Waals surface area contributed by atoms with Crippen molar-refractivity contribution in [1.29, 1.82) is 5.26 Å². The predicted molar refractivity (Wildman–Crippen MR) is 63.6 cm³/mol. The molecule has 0 saturated carbocycles. The Labute approximate surface area is 97.8 Å². The molecule has 0 aliphatic heterocycles. The number of aromatic nitrogens is 3. The molecule has 0 aliphatic rings. The molecular weight excluding hydrogens is 212 g/mol. The summed E-state index contributed by atoms with van der Waals surface area (Å²) in [7, 11) is 0. The average molecular weight is 220 g/mol. The summed E-state index contributed by atoms with van der Waals surface area (Å²) >= 11 is 0.